The molecule has 5 heteroatoms. The third-order valence-corrected chi connectivity index (χ3v) is 3.04. The molecule has 1 atom stereocenters. The van der Waals surface area contributed by atoms with E-state index in [0.717, 1.165) is 10.0 Å². The van der Waals surface area contributed by atoms with Gasteiger partial charge in [-0.2, -0.15) is 0 Å². The van der Waals surface area contributed by atoms with Crippen molar-refractivity contribution in [2.24, 2.45) is 0 Å². The summed E-state index contributed by atoms with van der Waals surface area (Å²) in [5.41, 5.74) is 0.866. The summed E-state index contributed by atoms with van der Waals surface area (Å²) < 4.78 is 5.86. The van der Waals surface area contributed by atoms with Crippen molar-refractivity contribution < 1.29 is 14.3 Å². The Hall–Kier alpha value is -1.62. The summed E-state index contributed by atoms with van der Waals surface area (Å²) in [6.07, 6.45) is 2.14. The molecule has 4 nitrogen and oxygen atoms in total. The first-order valence-electron chi connectivity index (χ1n) is 5.95. The molecule has 1 aromatic rings. The van der Waals surface area contributed by atoms with Crippen molar-refractivity contribution in [3.05, 3.63) is 40.4 Å². The zero-order valence-electron chi connectivity index (χ0n) is 10.9. The maximum atomic E-state index is 11.5. The van der Waals surface area contributed by atoms with Crippen LogP contribution in [0.1, 0.15) is 19.4 Å². The lowest BCUT2D eigenvalue weighted by molar-refractivity contribution is -0.150. The Morgan fingerprint density at radius 1 is 1.42 bits per heavy atom. The number of esters is 1. The van der Waals surface area contributed by atoms with Crippen LogP contribution in [0, 0.1) is 0 Å². The number of likely N-dealkylation sites (N-methyl/N-ethyl adjacent to an activating group) is 1. The average molecular weight is 326 g/mol. The Morgan fingerprint density at radius 3 is 2.74 bits per heavy atom. The van der Waals surface area contributed by atoms with E-state index in [1.54, 1.807) is 13.0 Å². The topological polar surface area (TPSA) is 55.4 Å². The Kier molecular flexibility index (Phi) is 6.29. The standard InChI is InChI=1S/C14H16BrNO3/c1-3-16-14(18)10(2)19-13(17)9-8-11-6-4-5-7-12(11)15/h4-10H,3H2,1-2H3,(H,16,18)/b9-8+/t10-/m1/s1. The Balaban J connectivity index is 2.56. The predicted molar refractivity (Wildman–Crippen MR) is 77.4 cm³/mol. The van der Waals surface area contributed by atoms with Gasteiger partial charge in [-0.3, -0.25) is 4.79 Å². The first-order valence-corrected chi connectivity index (χ1v) is 6.74. The van der Waals surface area contributed by atoms with E-state index >= 15 is 0 Å². The van der Waals surface area contributed by atoms with Crippen LogP contribution in [0.2, 0.25) is 0 Å². The van der Waals surface area contributed by atoms with Gasteiger partial charge in [0.2, 0.25) is 0 Å². The molecule has 102 valence electrons. The van der Waals surface area contributed by atoms with Gasteiger partial charge in [0.25, 0.3) is 5.91 Å². The zero-order valence-corrected chi connectivity index (χ0v) is 12.4. The van der Waals surface area contributed by atoms with Crippen molar-refractivity contribution in [3.8, 4) is 0 Å². The molecule has 0 heterocycles. The van der Waals surface area contributed by atoms with E-state index in [4.69, 9.17) is 4.74 Å². The highest BCUT2D eigenvalue weighted by Crippen LogP contribution is 2.17. The van der Waals surface area contributed by atoms with Gasteiger partial charge in [-0.25, -0.2) is 4.79 Å². The first-order chi connectivity index (χ1) is 9.04. The van der Waals surface area contributed by atoms with Gasteiger partial charge in [0.15, 0.2) is 6.10 Å². The Morgan fingerprint density at radius 2 is 2.11 bits per heavy atom. The largest absolute Gasteiger partial charge is 0.449 e. The van der Waals surface area contributed by atoms with Gasteiger partial charge in [-0.05, 0) is 31.6 Å². The number of carbonyl (C=O) groups excluding carboxylic acids is 2. The molecule has 0 aromatic heterocycles. The van der Waals surface area contributed by atoms with Gasteiger partial charge in [0, 0.05) is 17.1 Å². The third kappa shape index (κ3) is 5.26. The number of ether oxygens (including phenoxy) is 1. The maximum absolute atomic E-state index is 11.5. The molecule has 0 spiro atoms. The van der Waals surface area contributed by atoms with Crippen LogP contribution in [0.5, 0.6) is 0 Å². The fraction of sp³-hybridized carbons (Fsp3) is 0.286. The Bertz CT molecular complexity index is 485. The quantitative estimate of drug-likeness (QED) is 0.668. The number of nitrogens with one attached hydrogen (secondary N) is 1. The van der Waals surface area contributed by atoms with Crippen LogP contribution in [0.25, 0.3) is 6.08 Å². The minimum Gasteiger partial charge on any atom is -0.449 e. The van der Waals surface area contributed by atoms with E-state index in [9.17, 15) is 9.59 Å². The highest BCUT2D eigenvalue weighted by Gasteiger charge is 2.15. The number of benzene rings is 1. The van der Waals surface area contributed by atoms with E-state index in [0.29, 0.717) is 6.54 Å². The molecule has 1 rings (SSSR count). The normalized spacial score (nSPS) is 12.2. The van der Waals surface area contributed by atoms with Gasteiger partial charge < -0.3 is 10.1 Å². The SMILES string of the molecule is CCNC(=O)[C@@H](C)OC(=O)/C=C/c1ccccc1Br. The van der Waals surface area contributed by atoms with Gasteiger partial charge in [0.1, 0.15) is 0 Å². The number of hydrogen-bond acceptors (Lipinski definition) is 3. The molecule has 0 aliphatic heterocycles. The van der Waals surface area contributed by atoms with E-state index < -0.39 is 12.1 Å². The molecular weight excluding hydrogens is 310 g/mol. The van der Waals surface area contributed by atoms with Crippen molar-refractivity contribution in [2.75, 3.05) is 6.54 Å². The van der Waals surface area contributed by atoms with Crippen molar-refractivity contribution in [2.45, 2.75) is 20.0 Å². The van der Waals surface area contributed by atoms with Crippen LogP contribution in [0.3, 0.4) is 0 Å². The third-order valence-electron chi connectivity index (χ3n) is 2.32. The lowest BCUT2D eigenvalue weighted by Gasteiger charge is -2.10. The molecule has 0 aliphatic carbocycles. The van der Waals surface area contributed by atoms with Crippen LogP contribution in [-0.4, -0.2) is 24.5 Å². The van der Waals surface area contributed by atoms with Gasteiger partial charge in [0.05, 0.1) is 0 Å². The number of halogens is 1. The van der Waals surface area contributed by atoms with Crippen molar-refractivity contribution >= 4 is 33.9 Å². The van der Waals surface area contributed by atoms with Gasteiger partial charge >= 0.3 is 5.97 Å². The molecule has 0 bridgehead atoms. The number of carbonyl (C=O) groups is 2. The lowest BCUT2D eigenvalue weighted by Crippen LogP contribution is -2.35. The second-order valence-corrected chi connectivity index (χ2v) is 4.68. The van der Waals surface area contributed by atoms with Gasteiger partial charge in [-0.15, -0.1) is 0 Å². The summed E-state index contributed by atoms with van der Waals surface area (Å²) in [6.45, 7) is 3.85. The van der Waals surface area contributed by atoms with Crippen LogP contribution in [-0.2, 0) is 14.3 Å². The van der Waals surface area contributed by atoms with Crippen LogP contribution < -0.4 is 5.32 Å². The molecule has 0 saturated heterocycles. The zero-order chi connectivity index (χ0) is 14.3. The summed E-state index contributed by atoms with van der Waals surface area (Å²) in [4.78, 5) is 22.9. The highest BCUT2D eigenvalue weighted by molar-refractivity contribution is 9.10. The molecule has 1 amide bonds. The average Bonchev–Trinajstić information content (AvgIpc) is 2.38. The van der Waals surface area contributed by atoms with Gasteiger partial charge in [-0.1, -0.05) is 34.1 Å². The molecule has 0 unspecified atom stereocenters. The Labute approximate surface area is 121 Å². The summed E-state index contributed by atoms with van der Waals surface area (Å²) in [5, 5.41) is 2.59. The summed E-state index contributed by atoms with van der Waals surface area (Å²) in [5.74, 6) is -0.848. The minimum absolute atomic E-state index is 0.301. The molecule has 0 radical (unpaired) electrons. The van der Waals surface area contributed by atoms with Crippen molar-refractivity contribution in [1.82, 2.24) is 5.32 Å². The number of amides is 1. The smallest absolute Gasteiger partial charge is 0.331 e. The monoisotopic (exact) mass is 325 g/mol. The molecule has 19 heavy (non-hydrogen) atoms. The number of hydrogen-bond donors (Lipinski definition) is 1. The van der Waals surface area contributed by atoms with E-state index in [2.05, 4.69) is 21.2 Å². The molecule has 0 aliphatic rings. The van der Waals surface area contributed by atoms with E-state index in [-0.39, 0.29) is 5.91 Å². The predicted octanol–water partition coefficient (Wildman–Crippen LogP) is 2.53. The van der Waals surface area contributed by atoms with Crippen LogP contribution in [0.4, 0.5) is 0 Å². The minimum atomic E-state index is -0.795. The second-order valence-electron chi connectivity index (χ2n) is 3.83. The fourth-order valence-electron chi connectivity index (χ4n) is 1.35. The second kappa shape index (κ2) is 7.74. The van der Waals surface area contributed by atoms with Crippen LogP contribution >= 0.6 is 15.9 Å². The highest BCUT2D eigenvalue weighted by atomic mass is 79.9. The molecule has 1 aromatic carbocycles. The van der Waals surface area contributed by atoms with Crippen molar-refractivity contribution in [1.29, 1.82) is 0 Å². The summed E-state index contributed by atoms with van der Waals surface area (Å²) in [7, 11) is 0. The van der Waals surface area contributed by atoms with Crippen LogP contribution in [0.15, 0.2) is 34.8 Å². The summed E-state index contributed by atoms with van der Waals surface area (Å²) >= 11 is 3.37. The van der Waals surface area contributed by atoms with E-state index in [1.807, 2.05) is 24.3 Å². The van der Waals surface area contributed by atoms with Crippen molar-refractivity contribution in [3.63, 3.8) is 0 Å². The lowest BCUT2D eigenvalue weighted by atomic mass is 10.2. The molecular formula is C14H16BrNO3. The molecule has 1 N–H and O–H groups in total. The van der Waals surface area contributed by atoms with E-state index in [1.165, 1.54) is 13.0 Å². The molecule has 0 saturated carbocycles. The fourth-order valence-corrected chi connectivity index (χ4v) is 1.77. The maximum Gasteiger partial charge on any atom is 0.331 e. The first kappa shape index (κ1) is 15.4. The summed E-state index contributed by atoms with van der Waals surface area (Å²) in [6, 6.07) is 7.49. The number of rotatable bonds is 5. The molecule has 0 fully saturated rings.